The first kappa shape index (κ1) is 12.5. The first-order valence-corrected chi connectivity index (χ1v) is 5.90. The van der Waals surface area contributed by atoms with Crippen LogP contribution in [0.15, 0.2) is 18.2 Å². The maximum absolute atomic E-state index is 12.0. The molecule has 1 aliphatic rings. The second-order valence-electron chi connectivity index (χ2n) is 4.48. The molecule has 3 N–H and O–H groups in total. The number of fused-ring (bicyclic) bond motifs is 1. The van der Waals surface area contributed by atoms with Crippen LogP contribution in [0.25, 0.3) is 0 Å². The van der Waals surface area contributed by atoms with Crippen LogP contribution >= 0.6 is 0 Å². The van der Waals surface area contributed by atoms with Crippen molar-refractivity contribution in [2.24, 2.45) is 5.73 Å². The van der Waals surface area contributed by atoms with Crippen LogP contribution in [0, 0.1) is 12.3 Å². The smallest absolute Gasteiger partial charge is 0.240 e. The van der Waals surface area contributed by atoms with Gasteiger partial charge in [-0.05, 0) is 29.7 Å². The Labute approximate surface area is 106 Å². The molecule has 1 atom stereocenters. The van der Waals surface area contributed by atoms with Gasteiger partial charge in [0.1, 0.15) is 5.75 Å². The molecule has 1 amide bonds. The van der Waals surface area contributed by atoms with E-state index in [2.05, 4.69) is 5.92 Å². The Kier molecular flexibility index (Phi) is 3.54. The summed E-state index contributed by atoms with van der Waals surface area (Å²) in [6.07, 6.45) is 6.19. The molecular formula is C14H16N2O2. The van der Waals surface area contributed by atoms with Crippen molar-refractivity contribution in [3.8, 4) is 18.1 Å². The maximum Gasteiger partial charge on any atom is 0.240 e. The summed E-state index contributed by atoms with van der Waals surface area (Å²) in [5.41, 5.74) is 7.87. The minimum atomic E-state index is -0.631. The molecule has 1 aromatic rings. The van der Waals surface area contributed by atoms with Crippen LogP contribution in [0.5, 0.6) is 5.75 Å². The third kappa shape index (κ3) is 2.47. The molecular weight excluding hydrogens is 228 g/mol. The van der Waals surface area contributed by atoms with Crippen LogP contribution in [-0.4, -0.2) is 28.5 Å². The number of amides is 1. The topological polar surface area (TPSA) is 66.6 Å². The minimum Gasteiger partial charge on any atom is -0.508 e. The zero-order valence-corrected chi connectivity index (χ0v) is 10.1. The van der Waals surface area contributed by atoms with Gasteiger partial charge in [0.25, 0.3) is 0 Å². The SMILES string of the molecule is C#CCC(N)C(=O)N1CCc2ccc(O)cc2C1. The van der Waals surface area contributed by atoms with Crippen molar-refractivity contribution in [2.75, 3.05) is 6.54 Å². The van der Waals surface area contributed by atoms with Crippen molar-refractivity contribution in [1.29, 1.82) is 0 Å². The molecule has 1 aromatic carbocycles. The fourth-order valence-electron chi connectivity index (χ4n) is 2.18. The number of benzene rings is 1. The highest BCUT2D eigenvalue weighted by atomic mass is 16.3. The number of nitrogens with zero attached hydrogens (tertiary/aromatic N) is 1. The summed E-state index contributed by atoms with van der Waals surface area (Å²) in [7, 11) is 0. The van der Waals surface area contributed by atoms with Crippen LogP contribution in [0.3, 0.4) is 0 Å². The molecule has 4 heteroatoms. The van der Waals surface area contributed by atoms with Crippen molar-refractivity contribution in [2.45, 2.75) is 25.4 Å². The molecule has 0 saturated heterocycles. The minimum absolute atomic E-state index is 0.123. The summed E-state index contributed by atoms with van der Waals surface area (Å²) in [5, 5.41) is 9.45. The van der Waals surface area contributed by atoms with E-state index in [1.165, 1.54) is 5.56 Å². The van der Waals surface area contributed by atoms with Gasteiger partial charge in [0.05, 0.1) is 6.04 Å². The molecule has 94 valence electrons. The van der Waals surface area contributed by atoms with E-state index in [1.54, 1.807) is 17.0 Å². The normalized spacial score (nSPS) is 15.7. The molecule has 0 aliphatic carbocycles. The second kappa shape index (κ2) is 5.11. The van der Waals surface area contributed by atoms with Crippen LogP contribution in [-0.2, 0) is 17.8 Å². The van der Waals surface area contributed by atoms with Crippen molar-refractivity contribution in [3.63, 3.8) is 0 Å². The van der Waals surface area contributed by atoms with Crippen LogP contribution < -0.4 is 5.73 Å². The first-order chi connectivity index (χ1) is 8.61. The van der Waals surface area contributed by atoms with Gasteiger partial charge in [-0.15, -0.1) is 12.3 Å². The third-order valence-corrected chi connectivity index (χ3v) is 3.17. The van der Waals surface area contributed by atoms with E-state index in [-0.39, 0.29) is 18.1 Å². The van der Waals surface area contributed by atoms with Gasteiger partial charge in [0, 0.05) is 19.5 Å². The zero-order chi connectivity index (χ0) is 13.1. The Morgan fingerprint density at radius 1 is 1.56 bits per heavy atom. The van der Waals surface area contributed by atoms with Gasteiger partial charge in [0.15, 0.2) is 0 Å². The Morgan fingerprint density at radius 2 is 2.33 bits per heavy atom. The predicted octanol–water partition coefficient (Wildman–Crippen LogP) is 0.627. The van der Waals surface area contributed by atoms with Crippen molar-refractivity contribution < 1.29 is 9.90 Å². The van der Waals surface area contributed by atoms with E-state index in [9.17, 15) is 9.90 Å². The number of hydrogen-bond acceptors (Lipinski definition) is 3. The van der Waals surface area contributed by atoms with Gasteiger partial charge in [0.2, 0.25) is 5.91 Å². The molecule has 1 unspecified atom stereocenters. The number of aromatic hydroxyl groups is 1. The van der Waals surface area contributed by atoms with Crippen LogP contribution in [0.4, 0.5) is 0 Å². The average molecular weight is 244 g/mol. The van der Waals surface area contributed by atoms with E-state index in [4.69, 9.17) is 12.2 Å². The molecule has 1 heterocycles. The van der Waals surface area contributed by atoms with Gasteiger partial charge in [-0.2, -0.15) is 0 Å². The number of phenolic OH excluding ortho intramolecular Hbond substituents is 1. The fourth-order valence-corrected chi connectivity index (χ4v) is 2.18. The number of nitrogens with two attached hydrogens (primary N) is 1. The van der Waals surface area contributed by atoms with E-state index < -0.39 is 6.04 Å². The van der Waals surface area contributed by atoms with Gasteiger partial charge in [-0.1, -0.05) is 6.07 Å². The highest BCUT2D eigenvalue weighted by Gasteiger charge is 2.24. The molecule has 18 heavy (non-hydrogen) atoms. The highest BCUT2D eigenvalue weighted by Crippen LogP contribution is 2.23. The molecule has 0 aromatic heterocycles. The number of carbonyl (C=O) groups excluding carboxylic acids is 1. The number of terminal acetylenes is 1. The number of rotatable bonds is 2. The third-order valence-electron chi connectivity index (χ3n) is 3.17. The largest absolute Gasteiger partial charge is 0.508 e. The van der Waals surface area contributed by atoms with Gasteiger partial charge in [-0.25, -0.2) is 0 Å². The molecule has 0 saturated carbocycles. The number of carbonyl (C=O) groups is 1. The maximum atomic E-state index is 12.0. The van der Waals surface area contributed by atoms with E-state index >= 15 is 0 Å². The summed E-state index contributed by atoms with van der Waals surface area (Å²) < 4.78 is 0. The molecule has 2 rings (SSSR count). The van der Waals surface area contributed by atoms with Crippen molar-refractivity contribution >= 4 is 5.91 Å². The first-order valence-electron chi connectivity index (χ1n) is 5.90. The zero-order valence-electron chi connectivity index (χ0n) is 10.1. The van der Waals surface area contributed by atoms with E-state index in [0.29, 0.717) is 13.1 Å². The lowest BCUT2D eigenvalue weighted by atomic mass is 9.98. The van der Waals surface area contributed by atoms with Crippen LogP contribution in [0.1, 0.15) is 17.5 Å². The number of phenols is 1. The van der Waals surface area contributed by atoms with E-state index in [1.807, 2.05) is 6.07 Å². The summed E-state index contributed by atoms with van der Waals surface area (Å²) in [6.45, 7) is 1.13. The van der Waals surface area contributed by atoms with Crippen molar-refractivity contribution in [3.05, 3.63) is 29.3 Å². The molecule has 1 aliphatic heterocycles. The Morgan fingerprint density at radius 3 is 3.06 bits per heavy atom. The van der Waals surface area contributed by atoms with Gasteiger partial charge < -0.3 is 15.7 Å². The fraction of sp³-hybridized carbons (Fsp3) is 0.357. The molecule has 4 nitrogen and oxygen atoms in total. The quantitative estimate of drug-likeness (QED) is 0.750. The molecule has 0 spiro atoms. The molecule has 0 radical (unpaired) electrons. The summed E-state index contributed by atoms with van der Waals surface area (Å²) >= 11 is 0. The Bertz CT molecular complexity index is 505. The monoisotopic (exact) mass is 244 g/mol. The summed E-state index contributed by atoms with van der Waals surface area (Å²) in [6, 6.07) is 4.63. The predicted molar refractivity (Wildman–Crippen MR) is 68.7 cm³/mol. The van der Waals surface area contributed by atoms with Gasteiger partial charge >= 0.3 is 0 Å². The Hall–Kier alpha value is -1.99. The lowest BCUT2D eigenvalue weighted by molar-refractivity contribution is -0.133. The van der Waals surface area contributed by atoms with Crippen LogP contribution in [0.2, 0.25) is 0 Å². The second-order valence-corrected chi connectivity index (χ2v) is 4.48. The van der Waals surface area contributed by atoms with E-state index in [0.717, 1.165) is 12.0 Å². The lowest BCUT2D eigenvalue weighted by Gasteiger charge is -2.30. The standard InChI is InChI=1S/C14H16N2O2/c1-2-3-13(15)14(18)16-7-6-10-4-5-12(17)8-11(10)9-16/h1,4-5,8,13,17H,3,6-7,9,15H2. The average Bonchev–Trinajstić information content (AvgIpc) is 2.37. The van der Waals surface area contributed by atoms with Gasteiger partial charge in [-0.3, -0.25) is 4.79 Å². The molecule has 0 fully saturated rings. The number of hydrogen-bond donors (Lipinski definition) is 2. The summed E-state index contributed by atoms with van der Waals surface area (Å²) in [5.74, 6) is 2.50. The Balaban J connectivity index is 2.12. The molecule has 0 bridgehead atoms. The highest BCUT2D eigenvalue weighted by molar-refractivity contribution is 5.82. The lowest BCUT2D eigenvalue weighted by Crippen LogP contribution is -2.45. The van der Waals surface area contributed by atoms with Crippen molar-refractivity contribution in [1.82, 2.24) is 4.90 Å². The summed E-state index contributed by atoms with van der Waals surface area (Å²) in [4.78, 5) is 13.7.